The smallest absolute Gasteiger partial charge is 0.322 e. The number of benzene rings is 2. The minimum atomic E-state index is -0.408. The van der Waals surface area contributed by atoms with Crippen molar-refractivity contribution in [2.24, 2.45) is 0 Å². The zero-order valence-corrected chi connectivity index (χ0v) is 21.5. The van der Waals surface area contributed by atoms with Crippen molar-refractivity contribution in [3.63, 3.8) is 0 Å². The number of nitrogens with zero attached hydrogens (tertiary/aromatic N) is 2. The predicted molar refractivity (Wildman–Crippen MR) is 141 cm³/mol. The van der Waals surface area contributed by atoms with Gasteiger partial charge in [0.15, 0.2) is 0 Å². The van der Waals surface area contributed by atoms with Crippen LogP contribution in [0, 0.1) is 0 Å². The van der Waals surface area contributed by atoms with Gasteiger partial charge in [0.25, 0.3) is 0 Å². The molecule has 35 heavy (non-hydrogen) atoms. The van der Waals surface area contributed by atoms with Gasteiger partial charge in [-0.15, -0.1) is 11.3 Å². The van der Waals surface area contributed by atoms with Crippen molar-refractivity contribution in [1.82, 2.24) is 9.80 Å². The Balaban J connectivity index is 1.51. The first-order valence-electron chi connectivity index (χ1n) is 11.4. The summed E-state index contributed by atoms with van der Waals surface area (Å²) < 4.78 is 5.76. The molecule has 0 spiro atoms. The largest absolute Gasteiger partial charge is 0.376 e. The maximum absolute atomic E-state index is 13.6. The van der Waals surface area contributed by atoms with Gasteiger partial charge in [-0.1, -0.05) is 59.6 Å². The third kappa shape index (κ3) is 7.45. The molecule has 3 aromatic rings. The minimum absolute atomic E-state index is 0.0743. The first-order chi connectivity index (χ1) is 17.0. The van der Waals surface area contributed by atoms with E-state index >= 15 is 0 Å². The summed E-state index contributed by atoms with van der Waals surface area (Å²) in [5.74, 6) is -0.141. The molecular weight excluding hydrogens is 505 g/mol. The lowest BCUT2D eigenvalue weighted by atomic mass is 10.2. The molecule has 0 saturated carbocycles. The van der Waals surface area contributed by atoms with Crippen LogP contribution in [-0.2, 0) is 22.6 Å². The second-order valence-electron chi connectivity index (χ2n) is 8.38. The van der Waals surface area contributed by atoms with Gasteiger partial charge in [-0.3, -0.25) is 4.79 Å². The Labute approximate surface area is 219 Å². The van der Waals surface area contributed by atoms with Crippen LogP contribution in [0.4, 0.5) is 10.5 Å². The van der Waals surface area contributed by atoms with E-state index in [4.69, 9.17) is 27.9 Å². The van der Waals surface area contributed by atoms with E-state index in [1.54, 1.807) is 34.4 Å². The number of rotatable bonds is 9. The Hall–Kier alpha value is -2.58. The van der Waals surface area contributed by atoms with Gasteiger partial charge in [0.05, 0.1) is 23.4 Å². The quantitative estimate of drug-likeness (QED) is 0.352. The van der Waals surface area contributed by atoms with Crippen molar-refractivity contribution >= 4 is 52.2 Å². The lowest BCUT2D eigenvalue weighted by Crippen LogP contribution is -2.46. The molecule has 0 radical (unpaired) electrons. The lowest BCUT2D eigenvalue weighted by molar-refractivity contribution is -0.133. The monoisotopic (exact) mass is 531 g/mol. The van der Waals surface area contributed by atoms with Crippen molar-refractivity contribution < 1.29 is 14.3 Å². The second-order valence-corrected chi connectivity index (χ2v) is 10.3. The average molecular weight is 532 g/mol. The third-order valence-electron chi connectivity index (χ3n) is 5.73. The molecule has 1 unspecified atom stereocenters. The van der Waals surface area contributed by atoms with Crippen LogP contribution in [-0.4, -0.2) is 47.5 Å². The van der Waals surface area contributed by atoms with Crippen molar-refractivity contribution in [2.75, 3.05) is 25.0 Å². The number of amides is 3. The normalized spacial score (nSPS) is 15.1. The molecule has 1 fully saturated rings. The summed E-state index contributed by atoms with van der Waals surface area (Å²) in [6.45, 7) is 1.84. The fourth-order valence-corrected chi connectivity index (χ4v) is 5.10. The van der Waals surface area contributed by atoms with E-state index in [2.05, 4.69) is 5.32 Å². The number of carbonyl (C=O) groups is 2. The van der Waals surface area contributed by atoms with Crippen molar-refractivity contribution in [2.45, 2.75) is 32.0 Å². The third-order valence-corrected chi connectivity index (χ3v) is 7.14. The Bertz CT molecular complexity index is 1120. The first kappa shape index (κ1) is 25.5. The van der Waals surface area contributed by atoms with Gasteiger partial charge in [-0.25, -0.2) is 4.79 Å². The van der Waals surface area contributed by atoms with Crippen LogP contribution >= 0.6 is 34.5 Å². The highest BCUT2D eigenvalue weighted by molar-refractivity contribution is 7.09. The van der Waals surface area contributed by atoms with Crippen LogP contribution < -0.4 is 5.32 Å². The van der Waals surface area contributed by atoms with Gasteiger partial charge in [0.2, 0.25) is 5.91 Å². The van der Waals surface area contributed by atoms with Gasteiger partial charge >= 0.3 is 6.03 Å². The van der Waals surface area contributed by atoms with Crippen molar-refractivity contribution in [3.05, 3.63) is 86.5 Å². The molecule has 2 aromatic carbocycles. The number of nitrogens with one attached hydrogen (secondary N) is 1. The summed E-state index contributed by atoms with van der Waals surface area (Å²) in [4.78, 5) is 31.2. The van der Waals surface area contributed by atoms with Crippen LogP contribution in [0.1, 0.15) is 23.3 Å². The average Bonchev–Trinajstić information content (AvgIpc) is 3.55. The molecule has 0 bridgehead atoms. The van der Waals surface area contributed by atoms with E-state index in [1.165, 1.54) is 4.90 Å². The van der Waals surface area contributed by atoms with Crippen LogP contribution in [0.5, 0.6) is 0 Å². The molecule has 1 atom stereocenters. The van der Waals surface area contributed by atoms with Gasteiger partial charge in [0, 0.05) is 29.6 Å². The SMILES string of the molecule is O=C(CN(CC1CCCO1)C(=O)Nc1ccc(Cl)cc1Cl)N(Cc1ccccc1)Cc1cccs1. The Morgan fingerprint density at radius 2 is 1.86 bits per heavy atom. The fourth-order valence-electron chi connectivity index (χ4n) is 3.93. The van der Waals surface area contributed by atoms with Crippen LogP contribution in [0.3, 0.4) is 0 Å². The first-order valence-corrected chi connectivity index (χ1v) is 13.1. The second kappa shape index (κ2) is 12.4. The van der Waals surface area contributed by atoms with Crippen molar-refractivity contribution in [1.29, 1.82) is 0 Å². The summed E-state index contributed by atoms with van der Waals surface area (Å²) >= 11 is 13.8. The molecule has 1 aromatic heterocycles. The molecule has 3 amide bonds. The highest BCUT2D eigenvalue weighted by Crippen LogP contribution is 2.26. The zero-order chi connectivity index (χ0) is 24.6. The van der Waals surface area contributed by atoms with Crippen LogP contribution in [0.25, 0.3) is 0 Å². The van der Waals surface area contributed by atoms with E-state index < -0.39 is 6.03 Å². The molecule has 1 aliphatic rings. The number of hydrogen-bond donors (Lipinski definition) is 1. The molecule has 1 aliphatic heterocycles. The molecule has 0 aliphatic carbocycles. The highest BCUT2D eigenvalue weighted by atomic mass is 35.5. The lowest BCUT2D eigenvalue weighted by Gasteiger charge is -2.29. The summed E-state index contributed by atoms with van der Waals surface area (Å²) in [6, 6.07) is 18.3. The number of anilines is 1. The summed E-state index contributed by atoms with van der Waals surface area (Å²) in [5.41, 5.74) is 1.46. The highest BCUT2D eigenvalue weighted by Gasteiger charge is 2.27. The van der Waals surface area contributed by atoms with Crippen LogP contribution in [0.2, 0.25) is 10.0 Å². The Morgan fingerprint density at radius 1 is 1.03 bits per heavy atom. The number of halogens is 2. The van der Waals surface area contributed by atoms with E-state index in [1.807, 2.05) is 47.8 Å². The Kier molecular flexibility index (Phi) is 9.04. The maximum atomic E-state index is 13.6. The van der Waals surface area contributed by atoms with E-state index in [9.17, 15) is 9.59 Å². The predicted octanol–water partition coefficient (Wildman–Crippen LogP) is 6.30. The molecule has 1 saturated heterocycles. The zero-order valence-electron chi connectivity index (χ0n) is 19.2. The van der Waals surface area contributed by atoms with E-state index in [-0.39, 0.29) is 18.6 Å². The number of thiophene rings is 1. The summed E-state index contributed by atoms with van der Waals surface area (Å²) in [6.07, 6.45) is 1.69. The van der Waals surface area contributed by atoms with Crippen molar-refractivity contribution in [3.8, 4) is 0 Å². The number of ether oxygens (including phenoxy) is 1. The van der Waals surface area contributed by atoms with E-state index in [0.717, 1.165) is 23.3 Å². The topological polar surface area (TPSA) is 61.9 Å². The minimum Gasteiger partial charge on any atom is -0.376 e. The summed E-state index contributed by atoms with van der Waals surface area (Å²) in [7, 11) is 0. The number of hydrogen-bond acceptors (Lipinski definition) is 4. The molecule has 2 heterocycles. The molecule has 6 nitrogen and oxygen atoms in total. The maximum Gasteiger partial charge on any atom is 0.322 e. The van der Waals surface area contributed by atoms with Crippen LogP contribution in [0.15, 0.2) is 66.0 Å². The Morgan fingerprint density at radius 3 is 2.54 bits per heavy atom. The molecule has 4 rings (SSSR count). The van der Waals surface area contributed by atoms with E-state index in [0.29, 0.717) is 42.0 Å². The standard InChI is InChI=1S/C26H27Cl2N3O3S/c27-20-10-11-24(23(28)14-20)29-26(33)31(16-21-8-4-12-34-21)18-25(32)30(17-22-9-5-13-35-22)15-19-6-2-1-3-7-19/h1-3,5-7,9-11,13-14,21H,4,8,12,15-18H2,(H,29,33). The fraction of sp³-hybridized carbons (Fsp3) is 0.308. The molecular formula is C26H27Cl2N3O3S. The molecule has 1 N–H and O–H groups in total. The van der Waals surface area contributed by atoms with Gasteiger partial charge in [0.1, 0.15) is 6.54 Å². The number of urea groups is 1. The van der Waals surface area contributed by atoms with Gasteiger partial charge in [-0.2, -0.15) is 0 Å². The molecule has 9 heteroatoms. The van der Waals surface area contributed by atoms with Gasteiger partial charge in [-0.05, 0) is 48.1 Å². The van der Waals surface area contributed by atoms with Gasteiger partial charge < -0.3 is 19.9 Å². The number of carbonyl (C=O) groups excluding carboxylic acids is 2. The summed E-state index contributed by atoms with van der Waals surface area (Å²) in [5, 5.41) is 5.62. The molecule has 184 valence electrons.